The van der Waals surface area contributed by atoms with Crippen molar-refractivity contribution < 1.29 is 4.79 Å². The Hall–Kier alpha value is -1.78. The molecule has 1 aromatic heterocycles. The number of nitrogens with one attached hydrogen (secondary N) is 2. The Balaban J connectivity index is 2.34. The highest BCUT2D eigenvalue weighted by atomic mass is 16.1. The maximum absolute atomic E-state index is 11.5. The number of hydrogen-bond donors (Lipinski definition) is 3. The number of nitrogens with two attached hydrogens (primary N) is 1. The molecule has 1 rings (SSSR count). The van der Waals surface area contributed by atoms with Crippen LogP contribution < -0.4 is 16.4 Å². The Morgan fingerprint density at radius 3 is 2.76 bits per heavy atom. The number of rotatable bonds is 4. The smallest absolute Gasteiger partial charge is 0.222 e. The quantitative estimate of drug-likeness (QED) is 0.738. The van der Waals surface area contributed by atoms with Gasteiger partial charge in [-0.1, -0.05) is 0 Å². The largest absolute Gasteiger partial charge is 0.382 e. The first-order valence-corrected chi connectivity index (χ1v) is 5.64. The fraction of sp³-hybridized carbons (Fsp3) is 0.500. The lowest BCUT2D eigenvalue weighted by Crippen LogP contribution is -2.41. The number of anilines is 2. The molecule has 0 aromatic carbocycles. The number of carbonyl (C=O) groups is 1. The second-order valence-corrected chi connectivity index (χ2v) is 4.91. The van der Waals surface area contributed by atoms with Crippen LogP contribution in [0.5, 0.6) is 0 Å². The first kappa shape index (κ1) is 13.3. The van der Waals surface area contributed by atoms with Crippen molar-refractivity contribution in [2.24, 2.45) is 0 Å². The van der Waals surface area contributed by atoms with E-state index in [1.807, 2.05) is 26.8 Å². The second-order valence-electron chi connectivity index (χ2n) is 4.91. The highest BCUT2D eigenvalue weighted by Crippen LogP contribution is 2.13. The summed E-state index contributed by atoms with van der Waals surface area (Å²) in [6.45, 7) is 6.41. The van der Waals surface area contributed by atoms with E-state index in [4.69, 9.17) is 5.73 Å². The van der Waals surface area contributed by atoms with Crippen LogP contribution >= 0.6 is 0 Å². The number of aromatic nitrogens is 1. The van der Waals surface area contributed by atoms with Crippen molar-refractivity contribution in [1.82, 2.24) is 10.3 Å². The Labute approximate surface area is 102 Å². The number of pyridine rings is 1. The molecule has 0 saturated carbocycles. The minimum atomic E-state index is -0.190. The summed E-state index contributed by atoms with van der Waals surface area (Å²) in [7, 11) is 0. The van der Waals surface area contributed by atoms with E-state index in [1.165, 1.54) is 0 Å². The normalized spacial score (nSPS) is 11.0. The molecule has 1 amide bonds. The first-order valence-electron chi connectivity index (χ1n) is 5.64. The molecule has 0 aliphatic carbocycles. The van der Waals surface area contributed by atoms with Gasteiger partial charge in [0.1, 0.15) is 5.82 Å². The van der Waals surface area contributed by atoms with E-state index in [9.17, 15) is 4.79 Å². The van der Waals surface area contributed by atoms with Gasteiger partial charge in [-0.2, -0.15) is 0 Å². The molecule has 0 fully saturated rings. The molecule has 0 bridgehead atoms. The monoisotopic (exact) mass is 236 g/mol. The van der Waals surface area contributed by atoms with E-state index in [0.29, 0.717) is 18.8 Å². The van der Waals surface area contributed by atoms with Crippen molar-refractivity contribution in [1.29, 1.82) is 0 Å². The summed E-state index contributed by atoms with van der Waals surface area (Å²) in [6.07, 6.45) is 2.04. The molecule has 5 heteroatoms. The van der Waals surface area contributed by atoms with Gasteiger partial charge in [-0.25, -0.2) is 4.98 Å². The Kier molecular flexibility index (Phi) is 4.31. The fourth-order valence-electron chi connectivity index (χ4n) is 1.36. The van der Waals surface area contributed by atoms with Crippen molar-refractivity contribution in [3.8, 4) is 0 Å². The lowest BCUT2D eigenvalue weighted by atomic mass is 10.1. The molecule has 5 nitrogen and oxygen atoms in total. The number of nitrogen functional groups attached to an aromatic ring is 1. The van der Waals surface area contributed by atoms with E-state index >= 15 is 0 Å². The molecular formula is C12H20N4O. The summed E-state index contributed by atoms with van der Waals surface area (Å²) in [5, 5.41) is 5.98. The second kappa shape index (κ2) is 5.52. The van der Waals surface area contributed by atoms with Crippen molar-refractivity contribution >= 4 is 17.4 Å². The predicted molar refractivity (Wildman–Crippen MR) is 69.7 cm³/mol. The summed E-state index contributed by atoms with van der Waals surface area (Å²) < 4.78 is 0. The van der Waals surface area contributed by atoms with Gasteiger partial charge in [-0.05, 0) is 32.9 Å². The molecule has 0 aliphatic rings. The van der Waals surface area contributed by atoms with Crippen molar-refractivity contribution in [2.45, 2.75) is 32.7 Å². The SMILES string of the molecule is CC(C)(C)NC(=O)CCNc1cccnc1N. The van der Waals surface area contributed by atoms with E-state index < -0.39 is 0 Å². The number of carbonyl (C=O) groups excluding carboxylic acids is 1. The number of nitrogens with zero attached hydrogens (tertiary/aromatic N) is 1. The molecule has 1 aromatic rings. The van der Waals surface area contributed by atoms with Gasteiger partial charge in [0.15, 0.2) is 0 Å². The lowest BCUT2D eigenvalue weighted by molar-refractivity contribution is -0.122. The predicted octanol–water partition coefficient (Wildman–Crippen LogP) is 1.38. The van der Waals surface area contributed by atoms with E-state index in [-0.39, 0.29) is 11.4 Å². The van der Waals surface area contributed by atoms with Crippen molar-refractivity contribution in [3.05, 3.63) is 18.3 Å². The van der Waals surface area contributed by atoms with Gasteiger partial charge in [0.05, 0.1) is 5.69 Å². The summed E-state index contributed by atoms with van der Waals surface area (Å²) in [5.74, 6) is 0.469. The summed E-state index contributed by atoms with van der Waals surface area (Å²) >= 11 is 0. The zero-order chi connectivity index (χ0) is 12.9. The number of amides is 1. The van der Waals surface area contributed by atoms with E-state index in [0.717, 1.165) is 5.69 Å². The maximum atomic E-state index is 11.5. The van der Waals surface area contributed by atoms with Crippen molar-refractivity contribution in [2.75, 3.05) is 17.6 Å². The third kappa shape index (κ3) is 5.19. The average Bonchev–Trinajstić information content (AvgIpc) is 2.18. The average molecular weight is 236 g/mol. The van der Waals surface area contributed by atoms with Crippen LogP contribution in [-0.4, -0.2) is 23.0 Å². The third-order valence-corrected chi connectivity index (χ3v) is 2.02. The molecule has 0 aliphatic heterocycles. The molecule has 1 heterocycles. The van der Waals surface area contributed by atoms with Gasteiger partial charge in [0.25, 0.3) is 0 Å². The Morgan fingerprint density at radius 2 is 2.18 bits per heavy atom. The van der Waals surface area contributed by atoms with Gasteiger partial charge < -0.3 is 16.4 Å². The molecule has 17 heavy (non-hydrogen) atoms. The minimum absolute atomic E-state index is 0.0208. The summed E-state index contributed by atoms with van der Waals surface area (Å²) in [5.41, 5.74) is 6.24. The van der Waals surface area contributed by atoms with Crippen LogP contribution in [0.15, 0.2) is 18.3 Å². The van der Waals surface area contributed by atoms with Crippen LogP contribution in [0.3, 0.4) is 0 Å². The van der Waals surface area contributed by atoms with Crippen LogP contribution in [0.25, 0.3) is 0 Å². The van der Waals surface area contributed by atoms with Gasteiger partial charge in [-0.3, -0.25) is 4.79 Å². The Morgan fingerprint density at radius 1 is 1.47 bits per heavy atom. The molecule has 4 N–H and O–H groups in total. The van der Waals surface area contributed by atoms with Gasteiger partial charge in [-0.15, -0.1) is 0 Å². The highest BCUT2D eigenvalue weighted by molar-refractivity contribution is 5.77. The van der Waals surface area contributed by atoms with Crippen LogP contribution in [0, 0.1) is 0 Å². The maximum Gasteiger partial charge on any atom is 0.222 e. The zero-order valence-corrected chi connectivity index (χ0v) is 10.6. The fourth-order valence-corrected chi connectivity index (χ4v) is 1.36. The highest BCUT2D eigenvalue weighted by Gasteiger charge is 2.12. The molecule has 0 unspecified atom stereocenters. The van der Waals surface area contributed by atoms with Gasteiger partial charge in [0.2, 0.25) is 5.91 Å². The molecule has 0 spiro atoms. The molecule has 0 radical (unpaired) electrons. The zero-order valence-electron chi connectivity index (χ0n) is 10.6. The standard InChI is InChI=1S/C12H20N4O/c1-12(2,3)16-10(17)6-8-14-9-5-4-7-15-11(9)13/h4-5,7,14H,6,8H2,1-3H3,(H2,13,15)(H,16,17). The first-order chi connectivity index (χ1) is 7.88. The van der Waals surface area contributed by atoms with Gasteiger partial charge >= 0.3 is 0 Å². The molecular weight excluding hydrogens is 216 g/mol. The van der Waals surface area contributed by atoms with E-state index in [1.54, 1.807) is 12.3 Å². The lowest BCUT2D eigenvalue weighted by Gasteiger charge is -2.20. The molecule has 0 atom stereocenters. The third-order valence-electron chi connectivity index (χ3n) is 2.02. The minimum Gasteiger partial charge on any atom is -0.382 e. The summed E-state index contributed by atoms with van der Waals surface area (Å²) in [6, 6.07) is 3.64. The van der Waals surface area contributed by atoms with E-state index in [2.05, 4.69) is 15.6 Å². The van der Waals surface area contributed by atoms with Crippen LogP contribution in [0.2, 0.25) is 0 Å². The topological polar surface area (TPSA) is 80.0 Å². The Bertz CT molecular complexity index is 384. The number of hydrogen-bond acceptors (Lipinski definition) is 4. The van der Waals surface area contributed by atoms with Crippen LogP contribution in [-0.2, 0) is 4.79 Å². The molecule has 94 valence electrons. The van der Waals surface area contributed by atoms with Crippen LogP contribution in [0.4, 0.5) is 11.5 Å². The molecule has 0 saturated heterocycles. The van der Waals surface area contributed by atoms with Gasteiger partial charge in [0, 0.05) is 24.7 Å². The summed E-state index contributed by atoms with van der Waals surface area (Å²) in [4.78, 5) is 15.5. The van der Waals surface area contributed by atoms with Crippen molar-refractivity contribution in [3.63, 3.8) is 0 Å². The van der Waals surface area contributed by atoms with Crippen LogP contribution in [0.1, 0.15) is 27.2 Å².